The predicted octanol–water partition coefficient (Wildman–Crippen LogP) is -0.837. The van der Waals surface area contributed by atoms with Crippen LogP contribution in [0.4, 0.5) is 26.3 Å². The molecule has 7 aliphatic rings. The second kappa shape index (κ2) is 34.5. The summed E-state index contributed by atoms with van der Waals surface area (Å²) in [4.78, 5) is 100. The molecule has 47 heteroatoms. The van der Waals surface area contributed by atoms with Gasteiger partial charge in [0.05, 0.1) is 76.3 Å². The van der Waals surface area contributed by atoms with Crippen molar-refractivity contribution in [2.24, 2.45) is 27.4 Å². The average Bonchev–Trinajstić information content (AvgIpc) is 1.57. The summed E-state index contributed by atoms with van der Waals surface area (Å²) in [6, 6.07) is 0. The highest BCUT2D eigenvalue weighted by atomic mass is 35.5. The number of rotatable bonds is 18. The van der Waals surface area contributed by atoms with Crippen LogP contribution in [-0.2, 0) is 42.7 Å². The maximum atomic E-state index is 15.0. The van der Waals surface area contributed by atoms with Crippen LogP contribution in [0.25, 0.3) is 33.5 Å². The number of aromatic amines is 3. The first-order chi connectivity index (χ1) is 53.2. The van der Waals surface area contributed by atoms with Gasteiger partial charge in [0.1, 0.15) is 81.0 Å². The van der Waals surface area contributed by atoms with Gasteiger partial charge in [0.15, 0.2) is 101 Å². The number of amidine groups is 2. The van der Waals surface area contributed by atoms with E-state index >= 15 is 4.39 Å². The van der Waals surface area contributed by atoms with Gasteiger partial charge in [0.2, 0.25) is 6.23 Å². The molecular formula is C66H84Cl2F6N18O21. The van der Waals surface area contributed by atoms with Gasteiger partial charge in [-0.15, -0.1) is 29.8 Å². The van der Waals surface area contributed by atoms with E-state index in [9.17, 15) is 91.9 Å². The molecule has 18 atom stereocenters. The number of nitrogens with zero attached hydrogens (tertiary/aromatic N) is 13. The first kappa shape index (κ1) is 87.8. The normalized spacial score (nSPS) is 31.5. The van der Waals surface area contributed by atoms with Crippen LogP contribution in [0.5, 0.6) is 0 Å². The molecule has 0 unspecified atom stereocenters. The third-order valence-corrected chi connectivity index (χ3v) is 19.9. The van der Waals surface area contributed by atoms with Crippen molar-refractivity contribution >= 4 is 80.3 Å². The fraction of sp³-hybridized carbons (Fsp3) is 0.561. The summed E-state index contributed by atoms with van der Waals surface area (Å²) >= 11 is 11.8. The molecule has 7 aliphatic heterocycles. The van der Waals surface area contributed by atoms with Crippen molar-refractivity contribution in [2.75, 3.05) is 51.4 Å². The summed E-state index contributed by atoms with van der Waals surface area (Å²) in [7, 11) is 0. The molecule has 39 nitrogen and oxygen atoms in total. The highest BCUT2D eigenvalue weighted by molar-refractivity contribution is 6.19. The van der Waals surface area contributed by atoms with Crippen LogP contribution >= 0.6 is 23.2 Å². The van der Waals surface area contributed by atoms with E-state index in [0.717, 1.165) is 17.0 Å². The summed E-state index contributed by atoms with van der Waals surface area (Å²) in [5.74, 6) is -4.30. The number of aromatic nitrogens is 12. The Kier molecular flexibility index (Phi) is 26.8. The highest BCUT2D eigenvalue weighted by Gasteiger charge is 2.67. The molecule has 0 amide bonds. The second-order valence-electron chi connectivity index (χ2n) is 27.2. The molecule has 0 spiro atoms. The number of aliphatic hydroxyl groups is 9. The fourth-order valence-electron chi connectivity index (χ4n) is 12.5. The molecule has 6 aromatic heterocycles. The minimum absolute atomic E-state index is 0.00128. The Morgan fingerprint density at radius 1 is 0.602 bits per heavy atom. The van der Waals surface area contributed by atoms with Gasteiger partial charge in [-0.3, -0.25) is 37.7 Å². The lowest BCUT2D eigenvalue weighted by atomic mass is 9.96. The van der Waals surface area contributed by atoms with Crippen molar-refractivity contribution < 1.29 is 115 Å². The van der Waals surface area contributed by atoms with Crippen LogP contribution in [0, 0.1) is 26.7 Å². The lowest BCUT2D eigenvalue weighted by Crippen LogP contribution is -2.50. The molecule has 6 aromatic rings. The average molecular weight is 1650 g/mol. The molecule has 0 bridgehead atoms. The number of esters is 2. The number of aryl methyl sites for hydroxylation is 3. The van der Waals surface area contributed by atoms with Crippen molar-refractivity contribution in [3.05, 3.63) is 130 Å². The molecular weight excluding hydrogens is 1570 g/mol. The minimum Gasteiger partial charge on any atom is -0.456 e. The monoisotopic (exact) mass is 1650 g/mol. The van der Waals surface area contributed by atoms with E-state index in [2.05, 4.69) is 74.6 Å². The van der Waals surface area contributed by atoms with Crippen LogP contribution in [-0.4, -0.2) is 291 Å². The molecule has 0 aliphatic carbocycles. The number of hydrogen-bond acceptors (Lipinski definition) is 33. The van der Waals surface area contributed by atoms with Crippen LogP contribution in [0.15, 0.2) is 105 Å². The Balaban J connectivity index is 0.000000162. The van der Waals surface area contributed by atoms with Gasteiger partial charge >= 0.3 is 17.9 Å². The van der Waals surface area contributed by atoms with E-state index in [-0.39, 0.29) is 80.8 Å². The molecule has 113 heavy (non-hydrogen) atoms. The topological polar surface area (TPSA) is 555 Å². The lowest BCUT2D eigenvalue weighted by Gasteiger charge is -2.31. The number of carbonyl (C=O) groups is 2. The predicted molar refractivity (Wildman–Crippen MR) is 383 cm³/mol. The second-order valence-corrected chi connectivity index (χ2v) is 27.7. The molecule has 13 heterocycles. The Morgan fingerprint density at radius 2 is 0.991 bits per heavy atom. The first-order valence-corrected chi connectivity index (χ1v) is 35.3. The quantitative estimate of drug-likeness (QED) is 0.0216. The number of nitrogens with two attached hydrogens (primary N) is 2. The number of fused-ring (bicyclic) bond motifs is 3. The van der Waals surface area contributed by atoms with E-state index in [1.807, 2.05) is 0 Å². The molecule has 0 saturated carbocycles. The number of ether oxygens (including phenoxy) is 7. The fourth-order valence-corrected chi connectivity index (χ4v) is 13.1. The number of hydrogen-bond donors (Lipinski definition) is 14. The number of aliphatic hydroxyl groups excluding tert-OH is 9. The summed E-state index contributed by atoms with van der Waals surface area (Å²) in [5, 5.41) is 86.3. The number of alkyl halides is 8. The largest absolute Gasteiger partial charge is 0.456 e. The van der Waals surface area contributed by atoms with Crippen molar-refractivity contribution in [1.29, 1.82) is 0 Å². The van der Waals surface area contributed by atoms with Gasteiger partial charge in [-0.25, -0.2) is 57.5 Å². The van der Waals surface area contributed by atoms with Gasteiger partial charge < -0.3 is 115 Å². The molecule has 5 fully saturated rings. The number of nitrogens with one attached hydrogen (secondary N) is 3. The van der Waals surface area contributed by atoms with E-state index in [4.69, 9.17) is 67.8 Å². The Bertz CT molecular complexity index is 4820. The van der Waals surface area contributed by atoms with Crippen molar-refractivity contribution in [2.45, 2.75) is 175 Å². The van der Waals surface area contributed by atoms with Gasteiger partial charge in [-0.05, 0) is 39.8 Å². The van der Waals surface area contributed by atoms with Crippen LogP contribution < -0.4 is 28.1 Å². The van der Waals surface area contributed by atoms with Gasteiger partial charge in [0, 0.05) is 18.8 Å². The minimum atomic E-state index is -3.76. The van der Waals surface area contributed by atoms with Crippen LogP contribution in [0.3, 0.4) is 0 Å². The lowest BCUT2D eigenvalue weighted by molar-refractivity contribution is -0.168. The van der Waals surface area contributed by atoms with Crippen molar-refractivity contribution in [3.63, 3.8) is 0 Å². The summed E-state index contributed by atoms with van der Waals surface area (Å²) in [6.07, 6.45) is -12.2. The van der Waals surface area contributed by atoms with E-state index in [1.54, 1.807) is 34.6 Å². The van der Waals surface area contributed by atoms with Crippen molar-refractivity contribution in [3.8, 4) is 0 Å². The summed E-state index contributed by atoms with van der Waals surface area (Å²) < 4.78 is 129. The highest BCUT2D eigenvalue weighted by Crippen LogP contribution is 2.50. The molecule has 620 valence electrons. The van der Waals surface area contributed by atoms with Gasteiger partial charge in [-0.2, -0.15) is 8.78 Å². The standard InChI is InChI=1S/C15H21ClFN3O4.C14H19ClFN3O4.C13H14F2N4O4.C12H15FN4O5.C12H15FN4O4/c1-8(2)14(22)23-12-11(17)13(24-15(12,6-16)7-21)20-5-4-10(18)19-9(20)3;1-3-10(21)22-12-11(16)13(23-14(12,6-15)7-20)19-5-4-9(17)18-8(19)2;1-3-12(4-20)10(22)13(14,15)11(23-12)19-5-16-7-8(19)17-6(2)18-9(7)21;1-5-15-9-7(10(21)16-5)14-4-17(9)11-6(13)8(20)12(2-18,3-19)22-11;1-5-15-9-7(10(20)16-5)14-4-17(9)11-6(13)8(19)12(2,3-18)21-11/h4-5,8,11-13,21H,3,6-7H2,1-2H3,(H2,18,19);4-5,11-13,20H,2-3,6-7H2,1H3,(H2,17,18);3,5,10-11,20,22H,1,4H2,2H3,(H,17,18,21);4,6,8,11,18-20H,2-3H2,1H3,(H,15,16,21);4,6,8,11,18-19H,3H2,1-2H3,(H,15,16,20)/t11-,12+,13-,15-;11-,12+,13-,14-;10-,11-,12-;6-,8+,11-;6-,8+,11-,12-/m11111/s1. The third-order valence-electron chi connectivity index (χ3n) is 19.0. The molecule has 5 saturated heterocycles. The molecule has 0 aromatic carbocycles. The number of carbonyl (C=O) groups excluding carboxylic acids is 2. The Labute approximate surface area is 644 Å². The number of halogens is 8. The number of aliphatic imine (C=N–C) groups is 2. The summed E-state index contributed by atoms with van der Waals surface area (Å²) in [5.41, 5.74) is 1.32. The SMILES string of the molecule is C=C1N=C(N)C=CN1[C@@H]1O[C@@](CO)(CCl)[C@@H](OC(=O)C(C)C)[C@H]1F.C=C1N=C(N)C=CN1[C@@H]1O[C@@](CO)(CCl)[C@@H](OC(=O)CC)[C@H]1F.C=C[C@]1(CO)O[C@@H](n2cnc3c(=O)[nH]c(C)nc32)C(F)(F)[C@@H]1O.Cc1nc2c(ncn2[C@@H]2OC(CO)(CO)[C@@H](O)[C@H]2F)c(=O)[nH]1.Cc1nc2c(ncn2[C@@H]2O[C@](C)(CO)[C@@H](O)[C@H]2F)c(=O)[nH]1. The Hall–Kier alpha value is -9.17. The summed E-state index contributed by atoms with van der Waals surface area (Å²) in [6.45, 7) is 17.4. The van der Waals surface area contributed by atoms with Crippen LogP contribution in [0.2, 0.25) is 0 Å². The first-order valence-electron chi connectivity index (χ1n) is 34.2. The molecule has 13 rings (SSSR count). The maximum absolute atomic E-state index is 15.0. The van der Waals surface area contributed by atoms with E-state index < -0.39 is 194 Å². The van der Waals surface area contributed by atoms with Crippen molar-refractivity contribution in [1.82, 2.24) is 68.4 Å². The number of H-pyrrole nitrogens is 3. The van der Waals surface area contributed by atoms with Crippen LogP contribution in [0.1, 0.15) is 70.3 Å². The van der Waals surface area contributed by atoms with E-state index in [0.29, 0.717) is 11.6 Å². The molecule has 16 N–H and O–H groups in total. The molecule has 0 radical (unpaired) electrons. The Morgan fingerprint density at radius 3 is 1.34 bits per heavy atom. The van der Waals surface area contributed by atoms with Gasteiger partial charge in [0.25, 0.3) is 16.7 Å². The number of imidazole rings is 3. The van der Waals surface area contributed by atoms with Gasteiger partial charge in [-0.1, -0.05) is 40.0 Å². The zero-order valence-corrected chi connectivity index (χ0v) is 62.7. The zero-order valence-electron chi connectivity index (χ0n) is 61.2. The third kappa shape index (κ3) is 16.5. The maximum Gasteiger partial charge on any atom is 0.320 e. The smallest absolute Gasteiger partial charge is 0.320 e. The zero-order chi connectivity index (χ0) is 83.7. The van der Waals surface area contributed by atoms with E-state index in [1.165, 1.54) is 70.0 Å².